The average molecular weight is 281 g/mol. The molecule has 2 aromatic heterocycles. The third kappa shape index (κ3) is 1.78. The van der Waals surface area contributed by atoms with Crippen molar-refractivity contribution in [2.45, 2.75) is 26.2 Å². The van der Waals surface area contributed by atoms with Gasteiger partial charge in [-0.3, -0.25) is 9.20 Å². The standard InChI is InChI=1S/C12H13BrN2O/c1-3-8(2)12-10(7-16)15-6-9(13)4-5-11(15)14-12/h4-8H,3H2,1-2H3. The summed E-state index contributed by atoms with van der Waals surface area (Å²) in [5, 5.41) is 0. The Morgan fingerprint density at radius 2 is 2.31 bits per heavy atom. The van der Waals surface area contributed by atoms with Crippen molar-refractivity contribution in [2.75, 3.05) is 0 Å². The van der Waals surface area contributed by atoms with Crippen molar-refractivity contribution in [2.24, 2.45) is 0 Å². The lowest BCUT2D eigenvalue weighted by molar-refractivity contribution is 0.111. The molecule has 0 amide bonds. The number of hydrogen-bond acceptors (Lipinski definition) is 2. The molecule has 84 valence electrons. The van der Waals surface area contributed by atoms with E-state index in [1.807, 2.05) is 22.7 Å². The number of hydrogen-bond donors (Lipinski definition) is 0. The minimum absolute atomic E-state index is 0.305. The van der Waals surface area contributed by atoms with E-state index in [-0.39, 0.29) is 0 Å². The minimum atomic E-state index is 0.305. The van der Waals surface area contributed by atoms with E-state index < -0.39 is 0 Å². The van der Waals surface area contributed by atoms with Gasteiger partial charge in [0.2, 0.25) is 0 Å². The molecular weight excluding hydrogens is 268 g/mol. The van der Waals surface area contributed by atoms with E-state index in [4.69, 9.17) is 0 Å². The lowest BCUT2D eigenvalue weighted by atomic mass is 10.0. The highest BCUT2D eigenvalue weighted by molar-refractivity contribution is 9.10. The number of aromatic nitrogens is 2. The molecule has 0 fully saturated rings. The summed E-state index contributed by atoms with van der Waals surface area (Å²) in [6.45, 7) is 4.18. The van der Waals surface area contributed by atoms with Gasteiger partial charge in [0, 0.05) is 16.6 Å². The molecule has 0 saturated carbocycles. The lowest BCUT2D eigenvalue weighted by Crippen LogP contribution is -1.98. The van der Waals surface area contributed by atoms with Crippen molar-refractivity contribution in [3.05, 3.63) is 34.2 Å². The molecule has 2 rings (SSSR count). The van der Waals surface area contributed by atoms with E-state index in [2.05, 4.69) is 34.8 Å². The number of aldehydes is 1. The highest BCUT2D eigenvalue weighted by Gasteiger charge is 2.15. The zero-order valence-corrected chi connectivity index (χ0v) is 10.9. The molecule has 0 aliphatic rings. The Morgan fingerprint density at radius 1 is 1.56 bits per heavy atom. The van der Waals surface area contributed by atoms with Gasteiger partial charge in [-0.15, -0.1) is 0 Å². The summed E-state index contributed by atoms with van der Waals surface area (Å²) in [4.78, 5) is 15.7. The Morgan fingerprint density at radius 3 is 2.94 bits per heavy atom. The molecule has 0 aromatic carbocycles. The lowest BCUT2D eigenvalue weighted by Gasteiger charge is -2.04. The fourth-order valence-corrected chi connectivity index (χ4v) is 2.07. The zero-order valence-electron chi connectivity index (χ0n) is 9.27. The summed E-state index contributed by atoms with van der Waals surface area (Å²) < 4.78 is 2.77. The molecule has 4 heteroatoms. The van der Waals surface area contributed by atoms with Crippen LogP contribution in [-0.2, 0) is 0 Å². The van der Waals surface area contributed by atoms with Gasteiger partial charge < -0.3 is 0 Å². The predicted octanol–water partition coefficient (Wildman–Crippen LogP) is 3.42. The van der Waals surface area contributed by atoms with Crippen molar-refractivity contribution < 1.29 is 4.79 Å². The molecule has 0 aliphatic heterocycles. The second-order valence-electron chi connectivity index (χ2n) is 3.88. The van der Waals surface area contributed by atoms with Crippen LogP contribution in [0.15, 0.2) is 22.8 Å². The van der Waals surface area contributed by atoms with Gasteiger partial charge >= 0.3 is 0 Å². The third-order valence-corrected chi connectivity index (χ3v) is 3.31. The van der Waals surface area contributed by atoms with Gasteiger partial charge in [-0.25, -0.2) is 4.98 Å². The summed E-state index contributed by atoms with van der Waals surface area (Å²) in [6, 6.07) is 3.83. The Hall–Kier alpha value is -1.16. The van der Waals surface area contributed by atoms with E-state index in [1.54, 1.807) is 0 Å². The first kappa shape index (κ1) is 11.3. The van der Waals surface area contributed by atoms with Crippen LogP contribution in [-0.4, -0.2) is 15.7 Å². The summed E-state index contributed by atoms with van der Waals surface area (Å²) in [5.74, 6) is 0.305. The van der Waals surface area contributed by atoms with Crippen LogP contribution in [0.1, 0.15) is 42.4 Å². The van der Waals surface area contributed by atoms with E-state index >= 15 is 0 Å². The maximum absolute atomic E-state index is 11.2. The Labute approximate surface area is 103 Å². The fourth-order valence-electron chi connectivity index (χ4n) is 1.73. The molecule has 16 heavy (non-hydrogen) atoms. The third-order valence-electron chi connectivity index (χ3n) is 2.84. The number of carbonyl (C=O) groups excluding carboxylic acids is 1. The largest absolute Gasteiger partial charge is 0.296 e. The monoisotopic (exact) mass is 280 g/mol. The van der Waals surface area contributed by atoms with Crippen LogP contribution in [0.2, 0.25) is 0 Å². The van der Waals surface area contributed by atoms with E-state index in [9.17, 15) is 4.79 Å². The van der Waals surface area contributed by atoms with Crippen molar-refractivity contribution in [3.8, 4) is 0 Å². The van der Waals surface area contributed by atoms with Crippen LogP contribution in [0.4, 0.5) is 0 Å². The van der Waals surface area contributed by atoms with Gasteiger partial charge in [-0.1, -0.05) is 13.8 Å². The predicted molar refractivity (Wildman–Crippen MR) is 67.0 cm³/mol. The second kappa shape index (κ2) is 4.37. The highest BCUT2D eigenvalue weighted by atomic mass is 79.9. The maximum Gasteiger partial charge on any atom is 0.168 e. The molecule has 0 N–H and O–H groups in total. The molecule has 2 heterocycles. The van der Waals surface area contributed by atoms with Gasteiger partial charge in [0.15, 0.2) is 6.29 Å². The Balaban J connectivity index is 2.71. The van der Waals surface area contributed by atoms with E-state index in [0.717, 1.165) is 28.5 Å². The van der Waals surface area contributed by atoms with Crippen molar-refractivity contribution in [3.63, 3.8) is 0 Å². The number of imidazole rings is 1. The van der Waals surface area contributed by atoms with Crippen LogP contribution >= 0.6 is 15.9 Å². The first-order chi connectivity index (χ1) is 7.67. The molecule has 2 aromatic rings. The number of carbonyl (C=O) groups is 1. The summed E-state index contributed by atoms with van der Waals surface area (Å²) >= 11 is 3.39. The van der Waals surface area contributed by atoms with Crippen LogP contribution in [0.25, 0.3) is 5.65 Å². The summed E-state index contributed by atoms with van der Waals surface area (Å²) in [7, 11) is 0. The molecule has 0 aliphatic carbocycles. The summed E-state index contributed by atoms with van der Waals surface area (Å²) in [6.07, 6.45) is 3.73. The van der Waals surface area contributed by atoms with Gasteiger partial charge in [0.1, 0.15) is 11.3 Å². The van der Waals surface area contributed by atoms with Gasteiger partial charge in [0.25, 0.3) is 0 Å². The van der Waals surface area contributed by atoms with Crippen molar-refractivity contribution >= 4 is 27.9 Å². The molecule has 0 saturated heterocycles. The molecule has 1 atom stereocenters. The molecule has 0 radical (unpaired) electrons. The van der Waals surface area contributed by atoms with Crippen LogP contribution in [0.3, 0.4) is 0 Å². The SMILES string of the molecule is CCC(C)c1nc2ccc(Br)cn2c1C=O. The van der Waals surface area contributed by atoms with Gasteiger partial charge in [-0.2, -0.15) is 0 Å². The van der Waals surface area contributed by atoms with Crippen LogP contribution < -0.4 is 0 Å². The normalized spacial score (nSPS) is 12.9. The minimum Gasteiger partial charge on any atom is -0.296 e. The zero-order chi connectivity index (χ0) is 11.7. The van der Waals surface area contributed by atoms with Gasteiger partial charge in [0.05, 0.1) is 5.69 Å². The van der Waals surface area contributed by atoms with E-state index in [1.165, 1.54) is 0 Å². The smallest absolute Gasteiger partial charge is 0.168 e. The average Bonchev–Trinajstić information content (AvgIpc) is 2.65. The maximum atomic E-state index is 11.2. The van der Waals surface area contributed by atoms with E-state index in [0.29, 0.717) is 11.6 Å². The first-order valence-corrected chi connectivity index (χ1v) is 6.09. The second-order valence-corrected chi connectivity index (χ2v) is 4.80. The van der Waals surface area contributed by atoms with Crippen LogP contribution in [0, 0.1) is 0 Å². The highest BCUT2D eigenvalue weighted by Crippen LogP contribution is 2.23. The molecule has 0 bridgehead atoms. The topological polar surface area (TPSA) is 34.4 Å². The first-order valence-electron chi connectivity index (χ1n) is 5.30. The molecule has 0 spiro atoms. The molecular formula is C12H13BrN2O. The molecule has 3 nitrogen and oxygen atoms in total. The number of halogens is 1. The Kier molecular flexibility index (Phi) is 3.10. The number of rotatable bonds is 3. The molecule has 1 unspecified atom stereocenters. The number of nitrogens with zero attached hydrogens (tertiary/aromatic N) is 2. The fraction of sp³-hybridized carbons (Fsp3) is 0.333. The van der Waals surface area contributed by atoms with Crippen molar-refractivity contribution in [1.82, 2.24) is 9.38 Å². The van der Waals surface area contributed by atoms with Crippen LogP contribution in [0.5, 0.6) is 0 Å². The number of pyridine rings is 1. The van der Waals surface area contributed by atoms with Crippen molar-refractivity contribution in [1.29, 1.82) is 0 Å². The Bertz CT molecular complexity index is 533. The quantitative estimate of drug-likeness (QED) is 0.808. The summed E-state index contributed by atoms with van der Waals surface area (Å²) in [5.41, 5.74) is 2.36. The van der Waals surface area contributed by atoms with Gasteiger partial charge in [-0.05, 0) is 34.5 Å². The number of fused-ring (bicyclic) bond motifs is 1.